The van der Waals surface area contributed by atoms with Crippen LogP contribution in [0.15, 0.2) is 61.2 Å². The van der Waals surface area contributed by atoms with E-state index in [0.717, 1.165) is 101 Å². The van der Waals surface area contributed by atoms with Crippen molar-refractivity contribution in [2.24, 2.45) is 0 Å². The third-order valence-electron chi connectivity index (χ3n) is 7.29. The smallest absolute Gasteiger partial charge is 0.165 e. The van der Waals surface area contributed by atoms with Gasteiger partial charge in [-0.05, 0) is 35.2 Å². The summed E-state index contributed by atoms with van der Waals surface area (Å²) in [4.78, 5) is 21.1. The van der Waals surface area contributed by atoms with Gasteiger partial charge in [0.2, 0.25) is 0 Å². The second-order valence-corrected chi connectivity index (χ2v) is 10.3. The number of ether oxygens (including phenoxy) is 2. The standard InChI is InChI=1S/C30H32ClN7O2/c1-39-24-7-5-21(6-8-24)18-38-20-35-28-29(33-19-34-30(28)38)32-11-9-23-17-22-3-2-4-25(31)27(22)26(36-23)10-12-37-13-15-40-16-14-37/h2-8,17,19-20H,9-16,18H2,1H3,(H,32,33,34). The number of hydrogen-bond donors (Lipinski definition) is 1. The Bertz CT molecular complexity index is 1600. The monoisotopic (exact) mass is 557 g/mol. The van der Waals surface area contributed by atoms with Crippen LogP contribution in [-0.2, 0) is 24.1 Å². The van der Waals surface area contributed by atoms with E-state index in [2.05, 4.69) is 37.3 Å². The molecule has 5 aromatic rings. The maximum absolute atomic E-state index is 6.63. The van der Waals surface area contributed by atoms with Gasteiger partial charge in [0.05, 0.1) is 43.9 Å². The average molecular weight is 558 g/mol. The van der Waals surface area contributed by atoms with Crippen LogP contribution in [0.25, 0.3) is 21.9 Å². The number of nitrogens with zero attached hydrogens (tertiary/aromatic N) is 6. The molecule has 1 aliphatic heterocycles. The lowest BCUT2D eigenvalue weighted by Gasteiger charge is -2.26. The molecule has 9 nitrogen and oxygen atoms in total. The lowest BCUT2D eigenvalue weighted by Crippen LogP contribution is -2.37. The second-order valence-electron chi connectivity index (χ2n) is 9.89. The summed E-state index contributed by atoms with van der Waals surface area (Å²) in [6.45, 7) is 5.76. The molecule has 0 amide bonds. The van der Waals surface area contributed by atoms with Gasteiger partial charge in [-0.2, -0.15) is 0 Å². The highest BCUT2D eigenvalue weighted by molar-refractivity contribution is 6.35. The zero-order valence-corrected chi connectivity index (χ0v) is 23.3. The molecule has 1 fully saturated rings. The lowest BCUT2D eigenvalue weighted by atomic mass is 10.0. The minimum Gasteiger partial charge on any atom is -0.497 e. The molecular weight excluding hydrogens is 526 g/mol. The average Bonchev–Trinajstić information content (AvgIpc) is 3.40. The van der Waals surface area contributed by atoms with Crippen LogP contribution < -0.4 is 10.1 Å². The van der Waals surface area contributed by atoms with E-state index in [9.17, 15) is 0 Å². The summed E-state index contributed by atoms with van der Waals surface area (Å²) in [5, 5.41) is 6.38. The Balaban J connectivity index is 1.16. The van der Waals surface area contributed by atoms with Gasteiger partial charge in [-0.15, -0.1) is 0 Å². The van der Waals surface area contributed by atoms with E-state index in [1.807, 2.05) is 47.3 Å². The van der Waals surface area contributed by atoms with Crippen molar-refractivity contribution in [2.75, 3.05) is 51.8 Å². The Hall–Kier alpha value is -3.79. The van der Waals surface area contributed by atoms with Crippen LogP contribution in [0.5, 0.6) is 5.75 Å². The number of benzene rings is 2. The van der Waals surface area contributed by atoms with Crippen molar-refractivity contribution >= 4 is 39.4 Å². The summed E-state index contributed by atoms with van der Waals surface area (Å²) in [6, 6.07) is 16.2. The first-order chi connectivity index (χ1) is 19.7. The number of anilines is 1. The van der Waals surface area contributed by atoms with Crippen LogP contribution in [0.2, 0.25) is 5.02 Å². The molecule has 2 aromatic carbocycles. The minimum absolute atomic E-state index is 0.660. The largest absolute Gasteiger partial charge is 0.497 e. The number of nitrogens with one attached hydrogen (secondary N) is 1. The predicted molar refractivity (Wildman–Crippen MR) is 157 cm³/mol. The third kappa shape index (κ3) is 5.86. The topological polar surface area (TPSA) is 90.2 Å². The summed E-state index contributed by atoms with van der Waals surface area (Å²) in [7, 11) is 1.67. The Morgan fingerprint density at radius 3 is 2.70 bits per heavy atom. The first kappa shape index (κ1) is 26.4. The minimum atomic E-state index is 0.660. The van der Waals surface area contributed by atoms with Gasteiger partial charge in [-0.1, -0.05) is 35.9 Å². The number of rotatable bonds is 10. The number of hydrogen-bond acceptors (Lipinski definition) is 8. The molecule has 0 aliphatic carbocycles. The second kappa shape index (κ2) is 12.2. The molecule has 0 unspecified atom stereocenters. The molecule has 0 atom stereocenters. The fourth-order valence-corrected chi connectivity index (χ4v) is 5.46. The van der Waals surface area contributed by atoms with E-state index in [4.69, 9.17) is 26.1 Å². The number of morpholine rings is 1. The van der Waals surface area contributed by atoms with E-state index in [-0.39, 0.29) is 0 Å². The van der Waals surface area contributed by atoms with Crippen molar-refractivity contribution < 1.29 is 9.47 Å². The van der Waals surface area contributed by atoms with Crippen LogP contribution in [0, 0.1) is 0 Å². The summed E-state index contributed by atoms with van der Waals surface area (Å²) < 4.78 is 12.8. The van der Waals surface area contributed by atoms with Crippen molar-refractivity contribution in [1.82, 2.24) is 29.4 Å². The molecule has 1 N–H and O–H groups in total. The highest BCUT2D eigenvalue weighted by Crippen LogP contribution is 2.28. The molecule has 0 bridgehead atoms. The van der Waals surface area contributed by atoms with Gasteiger partial charge in [0.15, 0.2) is 11.5 Å². The molecule has 0 spiro atoms. The highest BCUT2D eigenvalue weighted by Gasteiger charge is 2.15. The lowest BCUT2D eigenvalue weighted by molar-refractivity contribution is 0.0384. The van der Waals surface area contributed by atoms with E-state index in [0.29, 0.717) is 13.1 Å². The van der Waals surface area contributed by atoms with E-state index >= 15 is 0 Å². The predicted octanol–water partition coefficient (Wildman–Crippen LogP) is 4.61. The van der Waals surface area contributed by atoms with Crippen molar-refractivity contribution in [3.05, 3.63) is 83.2 Å². The van der Waals surface area contributed by atoms with Gasteiger partial charge in [0.25, 0.3) is 0 Å². The number of pyridine rings is 1. The molecule has 0 saturated carbocycles. The zero-order chi connectivity index (χ0) is 27.3. The van der Waals surface area contributed by atoms with Crippen LogP contribution in [-0.4, -0.2) is 75.9 Å². The van der Waals surface area contributed by atoms with Crippen molar-refractivity contribution in [1.29, 1.82) is 0 Å². The molecule has 1 aliphatic rings. The molecule has 4 heterocycles. The van der Waals surface area contributed by atoms with Gasteiger partial charge in [-0.3, -0.25) is 9.88 Å². The molecule has 0 radical (unpaired) electrons. The summed E-state index contributed by atoms with van der Waals surface area (Å²) in [5.41, 5.74) is 4.75. The van der Waals surface area contributed by atoms with Gasteiger partial charge < -0.3 is 19.4 Å². The fourth-order valence-electron chi connectivity index (χ4n) is 5.17. The van der Waals surface area contributed by atoms with Gasteiger partial charge in [0.1, 0.15) is 17.6 Å². The molecule has 6 rings (SSSR count). The molecule has 40 heavy (non-hydrogen) atoms. The van der Waals surface area contributed by atoms with Crippen LogP contribution in [0.3, 0.4) is 0 Å². The fraction of sp³-hybridized carbons (Fsp3) is 0.333. The van der Waals surface area contributed by atoms with Gasteiger partial charge in [-0.25, -0.2) is 15.0 Å². The van der Waals surface area contributed by atoms with Gasteiger partial charge in [0, 0.05) is 50.1 Å². The molecule has 1 saturated heterocycles. The SMILES string of the molecule is COc1ccc(Cn2cnc3c(NCCc4cc5cccc(Cl)c5c(CCN5CCOCC5)n4)ncnc32)cc1. The first-order valence-electron chi connectivity index (χ1n) is 13.6. The van der Waals surface area contributed by atoms with Crippen molar-refractivity contribution in [3.8, 4) is 5.75 Å². The third-order valence-corrected chi connectivity index (χ3v) is 7.61. The van der Waals surface area contributed by atoms with Crippen molar-refractivity contribution in [2.45, 2.75) is 19.4 Å². The number of methoxy groups -OCH3 is 1. The molecule has 206 valence electrons. The summed E-state index contributed by atoms with van der Waals surface area (Å²) >= 11 is 6.63. The zero-order valence-electron chi connectivity index (χ0n) is 22.5. The first-order valence-corrected chi connectivity index (χ1v) is 14.0. The Kier molecular flexibility index (Phi) is 8.04. The molecule has 10 heteroatoms. The maximum Gasteiger partial charge on any atom is 0.165 e. The number of aromatic nitrogens is 5. The quantitative estimate of drug-likeness (QED) is 0.266. The Morgan fingerprint density at radius 2 is 1.88 bits per heavy atom. The Morgan fingerprint density at radius 1 is 1.02 bits per heavy atom. The van der Waals surface area contributed by atoms with E-state index in [1.165, 1.54) is 0 Å². The number of imidazole rings is 1. The molecule has 3 aromatic heterocycles. The maximum atomic E-state index is 6.63. The van der Waals surface area contributed by atoms with Crippen molar-refractivity contribution in [3.63, 3.8) is 0 Å². The van der Waals surface area contributed by atoms with E-state index in [1.54, 1.807) is 13.4 Å². The summed E-state index contributed by atoms with van der Waals surface area (Å²) in [5.74, 6) is 1.55. The highest BCUT2D eigenvalue weighted by atomic mass is 35.5. The number of fused-ring (bicyclic) bond motifs is 2. The van der Waals surface area contributed by atoms with Crippen LogP contribution in [0.4, 0.5) is 5.82 Å². The normalized spacial score (nSPS) is 14.2. The van der Waals surface area contributed by atoms with E-state index < -0.39 is 0 Å². The summed E-state index contributed by atoms with van der Waals surface area (Å²) in [6.07, 6.45) is 4.98. The van der Waals surface area contributed by atoms with Crippen LogP contribution in [0.1, 0.15) is 17.0 Å². The van der Waals surface area contributed by atoms with Crippen LogP contribution >= 0.6 is 11.6 Å². The molecular formula is C30H32ClN7O2. The van der Waals surface area contributed by atoms with Gasteiger partial charge >= 0.3 is 0 Å². The Labute approximate surface area is 238 Å². The number of halogens is 1.